The Hall–Kier alpha value is -2.57. The third kappa shape index (κ3) is 5.71. The van der Waals surface area contributed by atoms with Crippen molar-refractivity contribution < 1.29 is 9.59 Å². The Kier molecular flexibility index (Phi) is 9.65. The van der Waals surface area contributed by atoms with Gasteiger partial charge in [-0.25, -0.2) is 0 Å². The van der Waals surface area contributed by atoms with E-state index in [1.54, 1.807) is 0 Å². The van der Waals surface area contributed by atoms with Gasteiger partial charge in [-0.1, -0.05) is 65.7 Å². The average Bonchev–Trinajstić information content (AvgIpc) is 2.69. The largest absolute Gasteiger partial charge is 0.307 e. The summed E-state index contributed by atoms with van der Waals surface area (Å²) in [5.41, 5.74) is 8.33. The molecule has 0 saturated carbocycles. The van der Waals surface area contributed by atoms with Crippen molar-refractivity contribution in [1.82, 2.24) is 0 Å². The van der Waals surface area contributed by atoms with Gasteiger partial charge in [-0.05, 0) is 87.6 Å². The van der Waals surface area contributed by atoms with Crippen molar-refractivity contribution >= 4 is 37.4 Å². The Bertz CT molecular complexity index is 843. The third-order valence-corrected chi connectivity index (χ3v) is 7.85. The summed E-state index contributed by atoms with van der Waals surface area (Å²) in [5, 5.41) is 4.46. The molecule has 0 aromatic heterocycles. The molecular formula is C26H31O2P. The maximum Gasteiger partial charge on any atom is 0.106 e. The second-order valence-corrected chi connectivity index (χ2v) is 9.25. The predicted octanol–water partition coefficient (Wildman–Crippen LogP) is 4.93. The molecule has 0 aliphatic carbocycles. The number of hydrogen-bond donors (Lipinski definition) is 0. The lowest BCUT2D eigenvalue weighted by molar-refractivity contribution is -0.0987. The summed E-state index contributed by atoms with van der Waals surface area (Å²) >= 11 is 0. The average molecular weight is 407 g/mol. The summed E-state index contributed by atoms with van der Waals surface area (Å²) in [6.45, 7) is 17.5. The molecule has 0 N–H and O–H groups in total. The Morgan fingerprint density at radius 3 is 1.17 bits per heavy atom. The van der Waals surface area contributed by atoms with E-state index in [0.717, 1.165) is 0 Å². The van der Waals surface area contributed by atoms with Crippen molar-refractivity contribution in [2.24, 2.45) is 0 Å². The van der Waals surface area contributed by atoms with Gasteiger partial charge in [0, 0.05) is 0 Å². The van der Waals surface area contributed by atoms with E-state index in [9.17, 15) is 0 Å². The van der Waals surface area contributed by atoms with Crippen molar-refractivity contribution in [2.45, 2.75) is 41.5 Å². The molecule has 0 spiro atoms. The first-order valence-electron chi connectivity index (χ1n) is 9.47. The molecular weight excluding hydrogens is 375 g/mol. The molecule has 0 fully saturated rings. The van der Waals surface area contributed by atoms with Crippen molar-refractivity contribution in [3.05, 3.63) is 88.0 Å². The van der Waals surface area contributed by atoms with E-state index in [1.807, 2.05) is 13.6 Å². The van der Waals surface area contributed by atoms with Gasteiger partial charge in [0.15, 0.2) is 0 Å². The van der Waals surface area contributed by atoms with Crippen molar-refractivity contribution in [3.63, 3.8) is 0 Å². The Morgan fingerprint density at radius 2 is 0.862 bits per heavy atom. The molecule has 29 heavy (non-hydrogen) atoms. The van der Waals surface area contributed by atoms with Crippen LogP contribution in [0.3, 0.4) is 0 Å². The second kappa shape index (κ2) is 11.4. The van der Waals surface area contributed by atoms with Crippen LogP contribution in [0.15, 0.2) is 54.6 Å². The molecule has 0 radical (unpaired) electrons. The van der Waals surface area contributed by atoms with Crippen LogP contribution in [-0.4, -0.2) is 13.6 Å². The van der Waals surface area contributed by atoms with E-state index >= 15 is 0 Å². The number of carbonyl (C=O) groups is 2. The molecule has 3 rings (SSSR count). The molecule has 0 heterocycles. The number of benzene rings is 3. The van der Waals surface area contributed by atoms with Crippen LogP contribution in [0, 0.1) is 41.5 Å². The maximum absolute atomic E-state index is 8.00. The lowest BCUT2D eigenvalue weighted by atomic mass is 10.1. The first-order chi connectivity index (χ1) is 13.9. The fraction of sp³-hybridized carbons (Fsp3) is 0.231. The minimum Gasteiger partial charge on any atom is -0.307 e. The first-order valence-corrected chi connectivity index (χ1v) is 10.8. The smallest absolute Gasteiger partial charge is 0.106 e. The minimum absolute atomic E-state index is 0.554. The highest BCUT2D eigenvalue weighted by Gasteiger charge is 2.23. The number of hydrogen-bond acceptors (Lipinski definition) is 2. The number of carbonyl (C=O) groups excluding carboxylic acids is 2. The van der Waals surface area contributed by atoms with Gasteiger partial charge >= 0.3 is 0 Å². The van der Waals surface area contributed by atoms with Crippen LogP contribution in [0.4, 0.5) is 0 Å². The first kappa shape index (κ1) is 24.5. The van der Waals surface area contributed by atoms with Gasteiger partial charge in [-0.2, -0.15) is 0 Å². The Labute approximate surface area is 176 Å². The SMILES string of the molecule is C=O.C=O.Cc1cc(C)c(P(c2ccccc2)c2c(C)cc(C)cc2C)c(C)c1. The zero-order valence-corrected chi connectivity index (χ0v) is 19.3. The maximum atomic E-state index is 8.00. The molecule has 3 heteroatoms. The molecule has 2 nitrogen and oxygen atoms in total. The van der Waals surface area contributed by atoms with E-state index in [1.165, 1.54) is 49.3 Å². The molecule has 152 valence electrons. The summed E-state index contributed by atoms with van der Waals surface area (Å²) in [4.78, 5) is 16.0. The van der Waals surface area contributed by atoms with E-state index in [2.05, 4.69) is 96.1 Å². The molecule has 0 bridgehead atoms. The molecule has 0 amide bonds. The van der Waals surface area contributed by atoms with Crippen molar-refractivity contribution in [3.8, 4) is 0 Å². The molecule has 0 unspecified atom stereocenters. The second-order valence-electron chi connectivity index (χ2n) is 7.17. The summed E-state index contributed by atoms with van der Waals surface area (Å²) < 4.78 is 0. The third-order valence-electron chi connectivity index (χ3n) is 4.73. The van der Waals surface area contributed by atoms with E-state index in [0.29, 0.717) is 0 Å². The van der Waals surface area contributed by atoms with Gasteiger partial charge in [-0.15, -0.1) is 0 Å². The molecule has 0 saturated heterocycles. The Morgan fingerprint density at radius 1 is 0.552 bits per heavy atom. The van der Waals surface area contributed by atoms with Crippen LogP contribution in [0.1, 0.15) is 33.4 Å². The zero-order valence-electron chi connectivity index (χ0n) is 18.4. The van der Waals surface area contributed by atoms with Crippen LogP contribution in [0.2, 0.25) is 0 Å². The van der Waals surface area contributed by atoms with Crippen molar-refractivity contribution in [1.29, 1.82) is 0 Å². The lowest BCUT2D eigenvalue weighted by Crippen LogP contribution is -2.27. The highest BCUT2D eigenvalue weighted by Crippen LogP contribution is 2.38. The zero-order chi connectivity index (χ0) is 22.1. The molecule has 0 aliphatic rings. The minimum atomic E-state index is -0.554. The number of rotatable bonds is 3. The molecule has 0 aliphatic heterocycles. The van der Waals surface area contributed by atoms with Crippen LogP contribution in [-0.2, 0) is 9.59 Å². The fourth-order valence-corrected chi connectivity index (χ4v) is 6.88. The summed E-state index contributed by atoms with van der Waals surface area (Å²) in [6.07, 6.45) is 0. The molecule has 3 aromatic rings. The summed E-state index contributed by atoms with van der Waals surface area (Å²) in [6, 6.07) is 20.4. The normalized spacial score (nSPS) is 9.90. The van der Waals surface area contributed by atoms with Crippen LogP contribution in [0.5, 0.6) is 0 Å². The van der Waals surface area contributed by atoms with E-state index in [4.69, 9.17) is 9.59 Å². The quantitative estimate of drug-likeness (QED) is 0.578. The van der Waals surface area contributed by atoms with Crippen molar-refractivity contribution in [2.75, 3.05) is 0 Å². The van der Waals surface area contributed by atoms with Crippen LogP contribution >= 0.6 is 7.92 Å². The van der Waals surface area contributed by atoms with Gasteiger partial charge in [0.05, 0.1) is 0 Å². The van der Waals surface area contributed by atoms with Crippen LogP contribution in [0.25, 0.3) is 0 Å². The van der Waals surface area contributed by atoms with Gasteiger partial charge in [0.1, 0.15) is 13.6 Å². The monoisotopic (exact) mass is 406 g/mol. The summed E-state index contributed by atoms with van der Waals surface area (Å²) in [5.74, 6) is 0. The van der Waals surface area contributed by atoms with Gasteiger partial charge in [0.25, 0.3) is 0 Å². The fourth-order valence-electron chi connectivity index (χ4n) is 4.00. The van der Waals surface area contributed by atoms with E-state index in [-0.39, 0.29) is 0 Å². The number of aryl methyl sites for hydroxylation is 6. The predicted molar refractivity (Wildman–Crippen MR) is 128 cm³/mol. The van der Waals surface area contributed by atoms with Gasteiger partial charge in [0.2, 0.25) is 0 Å². The van der Waals surface area contributed by atoms with Gasteiger partial charge < -0.3 is 9.59 Å². The highest BCUT2D eigenvalue weighted by atomic mass is 31.1. The topological polar surface area (TPSA) is 34.1 Å². The van der Waals surface area contributed by atoms with E-state index < -0.39 is 7.92 Å². The lowest BCUT2D eigenvalue weighted by Gasteiger charge is -2.27. The van der Waals surface area contributed by atoms with Gasteiger partial charge in [-0.3, -0.25) is 0 Å². The highest BCUT2D eigenvalue weighted by molar-refractivity contribution is 7.80. The Balaban J connectivity index is 0.000000989. The van der Waals surface area contributed by atoms with Crippen LogP contribution < -0.4 is 15.9 Å². The molecule has 3 aromatic carbocycles. The molecule has 0 atom stereocenters. The summed E-state index contributed by atoms with van der Waals surface area (Å²) in [7, 11) is -0.554. The standard InChI is InChI=1S/C24H27P.2CH2O/c1-16-12-18(3)23(19(4)13-16)25(22-10-8-7-9-11-22)24-20(5)14-17(2)15-21(24)6;2*1-2/h7-15H,1-6H3;2*1H2.